The largest absolute Gasteiger partial charge is 0.450 e. The maximum atomic E-state index is 11.6. The van der Waals surface area contributed by atoms with Crippen molar-refractivity contribution in [3.63, 3.8) is 0 Å². The Hall–Kier alpha value is -4.02. The number of nitrogens with one attached hydrogen (secondary N) is 1. The van der Waals surface area contributed by atoms with E-state index in [9.17, 15) is 25.0 Å². The van der Waals surface area contributed by atoms with Crippen LogP contribution in [0.4, 0.5) is 16.2 Å². The second-order valence-electron chi connectivity index (χ2n) is 6.71. The van der Waals surface area contributed by atoms with E-state index in [-0.39, 0.29) is 11.5 Å². The second-order valence-corrected chi connectivity index (χ2v) is 6.71. The zero-order valence-corrected chi connectivity index (χ0v) is 15.8. The lowest BCUT2D eigenvalue weighted by Crippen LogP contribution is -2.29. The van der Waals surface area contributed by atoms with Gasteiger partial charge in [-0.05, 0) is 44.5 Å². The first-order valence-electron chi connectivity index (χ1n) is 8.28. The summed E-state index contributed by atoms with van der Waals surface area (Å²) in [6, 6.07) is 9.43. The molecular weight excluding hydrogens is 384 g/mol. The summed E-state index contributed by atoms with van der Waals surface area (Å²) < 4.78 is 10.5. The van der Waals surface area contributed by atoms with Crippen molar-refractivity contribution in [3.8, 4) is 11.5 Å². The number of non-ortho nitro benzene ring substituents is 1. The van der Waals surface area contributed by atoms with Crippen LogP contribution in [-0.2, 0) is 4.74 Å². The minimum Gasteiger partial charge on any atom is -0.450 e. The number of rotatable bonds is 6. The van der Waals surface area contributed by atoms with Crippen LogP contribution in [0.3, 0.4) is 0 Å². The van der Waals surface area contributed by atoms with Crippen molar-refractivity contribution < 1.29 is 24.1 Å². The number of hydrazone groups is 1. The average molecular weight is 402 g/mol. The summed E-state index contributed by atoms with van der Waals surface area (Å²) in [5.41, 5.74) is 1.13. The van der Waals surface area contributed by atoms with Gasteiger partial charge in [-0.3, -0.25) is 20.2 Å². The molecule has 0 aliphatic carbocycles. The molecule has 0 saturated carbocycles. The van der Waals surface area contributed by atoms with Crippen molar-refractivity contribution in [3.05, 3.63) is 68.3 Å². The minimum absolute atomic E-state index is 0.151. The average Bonchev–Trinajstić information content (AvgIpc) is 2.60. The SMILES string of the molecule is CC(C)(C)OC(=O)N/N=C\c1cccc(Oc2ccc([N+](=O)[O-])cc2[N+](=O)[O-])c1. The molecule has 0 aliphatic rings. The number of benzene rings is 2. The zero-order chi connectivity index (χ0) is 21.6. The summed E-state index contributed by atoms with van der Waals surface area (Å²) in [4.78, 5) is 32.0. The van der Waals surface area contributed by atoms with Crippen molar-refractivity contribution in [2.45, 2.75) is 26.4 Å². The molecule has 0 heterocycles. The van der Waals surface area contributed by atoms with Gasteiger partial charge in [0.25, 0.3) is 5.69 Å². The summed E-state index contributed by atoms with van der Waals surface area (Å²) in [5, 5.41) is 25.8. The van der Waals surface area contributed by atoms with E-state index in [4.69, 9.17) is 9.47 Å². The smallest absolute Gasteiger partial charge is 0.428 e. The van der Waals surface area contributed by atoms with E-state index in [1.807, 2.05) is 0 Å². The number of carbonyl (C=O) groups excluding carboxylic acids is 1. The molecule has 0 radical (unpaired) electrons. The minimum atomic E-state index is -0.765. The predicted octanol–water partition coefficient (Wildman–Crippen LogP) is 4.15. The summed E-state index contributed by atoms with van der Waals surface area (Å²) in [6.07, 6.45) is 0.615. The molecular formula is C18H18N4O7. The molecule has 2 rings (SSSR count). The second kappa shape index (κ2) is 8.78. The van der Waals surface area contributed by atoms with Crippen LogP contribution < -0.4 is 10.2 Å². The van der Waals surface area contributed by atoms with Crippen LogP contribution in [0, 0.1) is 20.2 Å². The molecule has 1 N–H and O–H groups in total. The Morgan fingerprint density at radius 1 is 1.10 bits per heavy atom. The third-order valence-corrected chi connectivity index (χ3v) is 3.20. The first-order valence-corrected chi connectivity index (χ1v) is 8.28. The normalized spacial score (nSPS) is 11.1. The van der Waals surface area contributed by atoms with Crippen molar-refractivity contribution in [1.29, 1.82) is 0 Å². The van der Waals surface area contributed by atoms with E-state index in [0.717, 1.165) is 18.2 Å². The molecule has 0 aromatic heterocycles. The topological polar surface area (TPSA) is 146 Å². The van der Waals surface area contributed by atoms with Gasteiger partial charge in [-0.25, -0.2) is 10.2 Å². The summed E-state index contributed by atoms with van der Waals surface area (Å²) in [6.45, 7) is 5.15. The van der Waals surface area contributed by atoms with Crippen LogP contribution in [0.5, 0.6) is 11.5 Å². The van der Waals surface area contributed by atoms with Crippen LogP contribution in [0.1, 0.15) is 26.3 Å². The monoisotopic (exact) mass is 402 g/mol. The van der Waals surface area contributed by atoms with Crippen molar-refractivity contribution in [2.75, 3.05) is 0 Å². The van der Waals surface area contributed by atoms with Gasteiger partial charge in [0.1, 0.15) is 11.4 Å². The zero-order valence-electron chi connectivity index (χ0n) is 15.8. The van der Waals surface area contributed by atoms with Gasteiger partial charge in [-0.2, -0.15) is 5.10 Å². The maximum absolute atomic E-state index is 11.6. The van der Waals surface area contributed by atoms with E-state index in [1.54, 1.807) is 39.0 Å². The lowest BCUT2D eigenvalue weighted by atomic mass is 10.2. The van der Waals surface area contributed by atoms with Gasteiger partial charge in [0.05, 0.1) is 22.1 Å². The third kappa shape index (κ3) is 6.57. The van der Waals surface area contributed by atoms with Crippen LogP contribution in [0.25, 0.3) is 0 Å². The Bertz CT molecular complexity index is 967. The molecule has 0 atom stereocenters. The molecule has 2 aromatic carbocycles. The molecule has 0 saturated heterocycles. The molecule has 0 bridgehead atoms. The van der Waals surface area contributed by atoms with Gasteiger partial charge >= 0.3 is 11.8 Å². The Labute approximate surface area is 165 Å². The molecule has 0 aliphatic heterocycles. The third-order valence-electron chi connectivity index (χ3n) is 3.20. The fourth-order valence-electron chi connectivity index (χ4n) is 2.09. The summed E-state index contributed by atoms with van der Waals surface area (Å²) in [7, 11) is 0. The lowest BCUT2D eigenvalue weighted by Gasteiger charge is -2.18. The number of carbonyl (C=O) groups is 1. The number of hydrogen-bond donors (Lipinski definition) is 1. The molecule has 11 nitrogen and oxygen atoms in total. The highest BCUT2D eigenvalue weighted by Crippen LogP contribution is 2.34. The highest BCUT2D eigenvalue weighted by atomic mass is 16.6. The Balaban J connectivity index is 2.14. The lowest BCUT2D eigenvalue weighted by molar-refractivity contribution is -0.394. The van der Waals surface area contributed by atoms with Gasteiger partial charge in [0.15, 0.2) is 0 Å². The molecule has 152 valence electrons. The van der Waals surface area contributed by atoms with Gasteiger partial charge < -0.3 is 9.47 Å². The van der Waals surface area contributed by atoms with Gasteiger partial charge in [-0.15, -0.1) is 0 Å². The predicted molar refractivity (Wildman–Crippen MR) is 103 cm³/mol. The fourth-order valence-corrected chi connectivity index (χ4v) is 2.09. The van der Waals surface area contributed by atoms with E-state index < -0.39 is 32.9 Å². The first-order chi connectivity index (χ1) is 13.5. The van der Waals surface area contributed by atoms with Crippen LogP contribution >= 0.6 is 0 Å². The number of nitrogens with zero attached hydrogens (tertiary/aromatic N) is 3. The number of amides is 1. The van der Waals surface area contributed by atoms with Crippen molar-refractivity contribution >= 4 is 23.7 Å². The van der Waals surface area contributed by atoms with Gasteiger partial charge in [-0.1, -0.05) is 12.1 Å². The maximum Gasteiger partial charge on any atom is 0.428 e. The Kier molecular flexibility index (Phi) is 6.44. The van der Waals surface area contributed by atoms with Crippen LogP contribution in [-0.4, -0.2) is 27.8 Å². The highest BCUT2D eigenvalue weighted by Gasteiger charge is 2.21. The van der Waals surface area contributed by atoms with Gasteiger partial charge in [0, 0.05) is 6.07 Å². The first kappa shape index (κ1) is 21.3. The number of nitro benzene ring substituents is 2. The number of hydrogen-bond acceptors (Lipinski definition) is 8. The van der Waals surface area contributed by atoms with E-state index in [0.29, 0.717) is 5.56 Å². The fraction of sp³-hybridized carbons (Fsp3) is 0.222. The number of ether oxygens (including phenoxy) is 2. The molecule has 11 heteroatoms. The summed E-state index contributed by atoms with van der Waals surface area (Å²) in [5.74, 6) is 0.0877. The number of nitro groups is 2. The Morgan fingerprint density at radius 2 is 1.83 bits per heavy atom. The molecule has 1 amide bonds. The van der Waals surface area contributed by atoms with Crippen molar-refractivity contribution in [1.82, 2.24) is 5.43 Å². The van der Waals surface area contributed by atoms with Crippen LogP contribution in [0.15, 0.2) is 47.6 Å². The van der Waals surface area contributed by atoms with Gasteiger partial charge in [0.2, 0.25) is 5.75 Å². The molecule has 2 aromatic rings. The standard InChI is InChI=1S/C18H18N4O7/c1-18(2,3)29-17(23)20-19-11-12-5-4-6-14(9-12)28-16-8-7-13(21(24)25)10-15(16)22(26)27/h4-11H,1-3H3,(H,20,23)/b19-11-. The van der Waals surface area contributed by atoms with E-state index in [1.165, 1.54) is 12.3 Å². The molecule has 0 unspecified atom stereocenters. The van der Waals surface area contributed by atoms with Crippen LogP contribution in [0.2, 0.25) is 0 Å². The van der Waals surface area contributed by atoms with E-state index >= 15 is 0 Å². The summed E-state index contributed by atoms with van der Waals surface area (Å²) >= 11 is 0. The van der Waals surface area contributed by atoms with Crippen molar-refractivity contribution in [2.24, 2.45) is 5.10 Å². The quantitative estimate of drug-likeness (QED) is 0.433. The molecule has 0 spiro atoms. The molecule has 29 heavy (non-hydrogen) atoms. The Morgan fingerprint density at radius 3 is 2.45 bits per heavy atom. The highest BCUT2D eigenvalue weighted by molar-refractivity contribution is 5.81. The van der Waals surface area contributed by atoms with E-state index in [2.05, 4.69) is 10.5 Å². The molecule has 0 fully saturated rings.